The van der Waals surface area contributed by atoms with Gasteiger partial charge in [0.15, 0.2) is 0 Å². The molecule has 0 fully saturated rings. The first-order chi connectivity index (χ1) is 6.57. The topological polar surface area (TPSA) is 42.8 Å². The molecule has 1 aromatic rings. The number of anilines is 1. The van der Waals surface area contributed by atoms with E-state index in [0.29, 0.717) is 17.6 Å². The van der Waals surface area contributed by atoms with Gasteiger partial charge in [-0.25, -0.2) is 0 Å². The molecule has 3 nitrogen and oxygen atoms in total. The van der Waals surface area contributed by atoms with E-state index in [4.69, 9.17) is 5.26 Å². The van der Waals surface area contributed by atoms with Gasteiger partial charge in [-0.2, -0.15) is 5.26 Å². The fraction of sp³-hybridized carbons (Fsp3) is 0.545. The number of nitrogens with one attached hydrogen (secondary N) is 1. The third kappa shape index (κ3) is 1.90. The van der Waals surface area contributed by atoms with Gasteiger partial charge < -0.3 is 9.88 Å². The summed E-state index contributed by atoms with van der Waals surface area (Å²) in [6.45, 7) is 8.51. The fourth-order valence-corrected chi connectivity index (χ4v) is 1.78. The Kier molecular flexibility index (Phi) is 3.19. The highest BCUT2D eigenvalue weighted by Crippen LogP contribution is 2.21. The number of nitrogens with zero attached hydrogens (tertiary/aromatic N) is 2. The molecule has 1 N–H and O–H groups in total. The molecule has 0 unspecified atom stereocenters. The molecule has 0 aliphatic heterocycles. The predicted molar refractivity (Wildman–Crippen MR) is 58.3 cm³/mol. The van der Waals surface area contributed by atoms with Crippen molar-refractivity contribution in [2.24, 2.45) is 0 Å². The van der Waals surface area contributed by atoms with Crippen LogP contribution in [0.1, 0.15) is 33.3 Å². The molecule has 0 atom stereocenters. The van der Waals surface area contributed by atoms with Gasteiger partial charge in [0, 0.05) is 18.3 Å². The number of rotatable bonds is 3. The molecule has 0 saturated heterocycles. The van der Waals surface area contributed by atoms with Crippen LogP contribution in [0.5, 0.6) is 0 Å². The van der Waals surface area contributed by atoms with Gasteiger partial charge in [-0.1, -0.05) is 0 Å². The largest absolute Gasteiger partial charge is 0.352 e. The smallest absolute Gasteiger partial charge is 0.124 e. The van der Waals surface area contributed by atoms with E-state index in [1.165, 1.54) is 0 Å². The Morgan fingerprint density at radius 1 is 1.29 bits per heavy atom. The van der Waals surface area contributed by atoms with Crippen molar-refractivity contribution in [1.82, 2.24) is 4.98 Å². The summed E-state index contributed by atoms with van der Waals surface area (Å²) in [4.78, 5) is 5.33. The first kappa shape index (κ1) is 10.6. The lowest BCUT2D eigenvalue weighted by atomic mass is 10.2. The average molecular weight is 191 g/mol. The van der Waals surface area contributed by atoms with Gasteiger partial charge in [0.25, 0.3) is 0 Å². The van der Waals surface area contributed by atoms with Crippen molar-refractivity contribution in [3.05, 3.63) is 17.8 Å². The molecule has 1 heterocycles. The minimum atomic E-state index is 0.390. The summed E-state index contributed by atoms with van der Waals surface area (Å²) in [5.41, 5.74) is 0.715. The van der Waals surface area contributed by atoms with Crippen LogP contribution < -0.4 is 4.90 Å². The van der Waals surface area contributed by atoms with E-state index >= 15 is 0 Å². The van der Waals surface area contributed by atoms with Crippen LogP contribution in [0.4, 0.5) is 5.82 Å². The van der Waals surface area contributed by atoms with Crippen molar-refractivity contribution in [2.45, 2.75) is 39.8 Å². The second kappa shape index (κ2) is 4.19. The van der Waals surface area contributed by atoms with Crippen molar-refractivity contribution in [3.63, 3.8) is 0 Å². The third-order valence-corrected chi connectivity index (χ3v) is 2.22. The lowest BCUT2D eigenvalue weighted by Crippen LogP contribution is -2.37. The molecule has 0 aromatic carbocycles. The summed E-state index contributed by atoms with van der Waals surface area (Å²) in [6.07, 6.45) is 1.81. The van der Waals surface area contributed by atoms with Gasteiger partial charge in [-0.15, -0.1) is 0 Å². The Bertz CT molecular complexity index is 323. The van der Waals surface area contributed by atoms with Crippen LogP contribution in [0, 0.1) is 11.3 Å². The second-order valence-corrected chi connectivity index (χ2v) is 3.95. The van der Waals surface area contributed by atoms with Crippen LogP contribution >= 0.6 is 0 Å². The summed E-state index contributed by atoms with van der Waals surface area (Å²) < 4.78 is 0. The van der Waals surface area contributed by atoms with Crippen molar-refractivity contribution in [2.75, 3.05) is 4.90 Å². The van der Waals surface area contributed by atoms with Crippen LogP contribution in [0.15, 0.2) is 12.3 Å². The molecule has 0 radical (unpaired) electrons. The van der Waals surface area contributed by atoms with Crippen LogP contribution in [0.25, 0.3) is 0 Å². The summed E-state index contributed by atoms with van der Waals surface area (Å²) in [6, 6.07) is 4.78. The van der Waals surface area contributed by atoms with Gasteiger partial charge in [0.1, 0.15) is 11.9 Å². The Labute approximate surface area is 85.3 Å². The predicted octanol–water partition coefficient (Wildman–Crippen LogP) is 2.51. The average Bonchev–Trinajstić information content (AvgIpc) is 2.51. The lowest BCUT2D eigenvalue weighted by molar-refractivity contribution is 0.601. The van der Waals surface area contributed by atoms with Crippen molar-refractivity contribution in [1.29, 1.82) is 5.26 Å². The number of hydrogen-bond donors (Lipinski definition) is 1. The zero-order chi connectivity index (χ0) is 10.7. The molecule has 1 aromatic heterocycles. The van der Waals surface area contributed by atoms with E-state index < -0.39 is 0 Å². The maximum Gasteiger partial charge on any atom is 0.124 e. The normalized spacial score (nSPS) is 10.6. The first-order valence-electron chi connectivity index (χ1n) is 4.93. The Hall–Kier alpha value is -1.43. The van der Waals surface area contributed by atoms with Gasteiger partial charge in [0.2, 0.25) is 0 Å². The van der Waals surface area contributed by atoms with Crippen LogP contribution in [-0.4, -0.2) is 17.1 Å². The number of aromatic amines is 1. The van der Waals surface area contributed by atoms with E-state index in [1.54, 1.807) is 0 Å². The molecular weight excluding hydrogens is 174 g/mol. The van der Waals surface area contributed by atoms with E-state index in [0.717, 1.165) is 5.82 Å². The van der Waals surface area contributed by atoms with Crippen molar-refractivity contribution >= 4 is 5.82 Å². The number of hydrogen-bond acceptors (Lipinski definition) is 2. The molecule has 0 amide bonds. The van der Waals surface area contributed by atoms with Crippen LogP contribution in [0.2, 0.25) is 0 Å². The summed E-state index contributed by atoms with van der Waals surface area (Å²) in [5, 5.41) is 8.92. The van der Waals surface area contributed by atoms with Crippen molar-refractivity contribution < 1.29 is 0 Å². The minimum Gasteiger partial charge on any atom is -0.352 e. The van der Waals surface area contributed by atoms with Gasteiger partial charge in [-0.3, -0.25) is 0 Å². The quantitative estimate of drug-likeness (QED) is 0.797. The Morgan fingerprint density at radius 3 is 2.29 bits per heavy atom. The maximum atomic E-state index is 8.92. The fourth-order valence-electron chi connectivity index (χ4n) is 1.78. The number of aromatic nitrogens is 1. The van der Waals surface area contributed by atoms with Crippen LogP contribution in [0.3, 0.4) is 0 Å². The molecule has 0 spiro atoms. The van der Waals surface area contributed by atoms with Crippen molar-refractivity contribution in [3.8, 4) is 6.07 Å². The molecule has 14 heavy (non-hydrogen) atoms. The number of H-pyrrole nitrogens is 1. The Morgan fingerprint density at radius 2 is 1.86 bits per heavy atom. The van der Waals surface area contributed by atoms with Crippen LogP contribution in [-0.2, 0) is 0 Å². The molecule has 1 rings (SSSR count). The van der Waals surface area contributed by atoms with E-state index in [1.807, 2.05) is 12.3 Å². The standard InChI is InChI=1S/C11H17N3/c1-8(2)14(9(3)4)11-10(7-12)5-6-13-11/h5-6,8-9,13H,1-4H3. The highest BCUT2D eigenvalue weighted by atomic mass is 15.2. The van der Waals surface area contributed by atoms with E-state index in [2.05, 4.69) is 43.6 Å². The Balaban J connectivity index is 3.06. The molecule has 3 heteroatoms. The summed E-state index contributed by atoms with van der Waals surface area (Å²) in [5.74, 6) is 0.928. The summed E-state index contributed by atoms with van der Waals surface area (Å²) >= 11 is 0. The monoisotopic (exact) mass is 191 g/mol. The van der Waals surface area contributed by atoms with Gasteiger partial charge in [-0.05, 0) is 33.8 Å². The zero-order valence-electron chi connectivity index (χ0n) is 9.20. The number of nitriles is 1. The molecule has 0 saturated carbocycles. The minimum absolute atomic E-state index is 0.390. The zero-order valence-corrected chi connectivity index (χ0v) is 9.20. The first-order valence-corrected chi connectivity index (χ1v) is 4.93. The highest BCUT2D eigenvalue weighted by molar-refractivity contribution is 5.55. The van der Waals surface area contributed by atoms with E-state index in [-0.39, 0.29) is 0 Å². The van der Waals surface area contributed by atoms with E-state index in [9.17, 15) is 0 Å². The van der Waals surface area contributed by atoms with Gasteiger partial charge in [0.05, 0.1) is 5.56 Å². The van der Waals surface area contributed by atoms with Gasteiger partial charge >= 0.3 is 0 Å². The SMILES string of the molecule is CC(C)N(c1[nH]ccc1C#N)C(C)C. The molecule has 0 aliphatic carbocycles. The summed E-state index contributed by atoms with van der Waals surface area (Å²) in [7, 11) is 0. The molecular formula is C11H17N3. The molecule has 76 valence electrons. The molecule has 0 aliphatic rings. The maximum absolute atomic E-state index is 8.92. The lowest BCUT2D eigenvalue weighted by Gasteiger charge is -2.31. The second-order valence-electron chi connectivity index (χ2n) is 3.95. The molecule has 0 bridgehead atoms. The highest BCUT2D eigenvalue weighted by Gasteiger charge is 2.18. The third-order valence-electron chi connectivity index (χ3n) is 2.22.